The molecule has 1 N–H and O–H groups in total. The van der Waals surface area contributed by atoms with Gasteiger partial charge in [-0.2, -0.15) is 0 Å². The van der Waals surface area contributed by atoms with E-state index < -0.39 is 17.3 Å². The number of rotatable bonds is 4. The zero-order valence-corrected chi connectivity index (χ0v) is 15.3. The summed E-state index contributed by atoms with van der Waals surface area (Å²) in [5.74, 6) is -1.74. The number of esters is 1. The van der Waals surface area contributed by atoms with Crippen LogP contribution in [0.2, 0.25) is 0 Å². The molecule has 130 valence electrons. The summed E-state index contributed by atoms with van der Waals surface area (Å²) in [6.45, 7) is 11.5. The molecule has 0 aromatic carbocycles. The lowest BCUT2D eigenvalue weighted by Gasteiger charge is -2.38. The highest BCUT2D eigenvalue weighted by molar-refractivity contribution is 6.24. The molecule has 5 nitrogen and oxygen atoms in total. The van der Waals surface area contributed by atoms with Gasteiger partial charge in [-0.15, -0.1) is 0 Å². The van der Waals surface area contributed by atoms with Crippen LogP contribution in [-0.2, 0) is 14.3 Å². The molecule has 1 atom stereocenters. The molecule has 1 rings (SSSR count). The predicted molar refractivity (Wildman–Crippen MR) is 90.7 cm³/mol. The highest BCUT2D eigenvalue weighted by atomic mass is 16.5. The Balaban J connectivity index is 3.56. The largest absolute Gasteiger partial charge is 0.511 e. The van der Waals surface area contributed by atoms with Crippen molar-refractivity contribution in [3.05, 3.63) is 11.3 Å². The van der Waals surface area contributed by atoms with Gasteiger partial charge in [0.2, 0.25) is 0 Å². The normalized spacial score (nSPS) is 23.1. The molecule has 1 aliphatic rings. The van der Waals surface area contributed by atoms with E-state index in [-0.39, 0.29) is 22.7 Å². The van der Waals surface area contributed by atoms with Crippen molar-refractivity contribution >= 4 is 17.5 Å². The van der Waals surface area contributed by atoms with Gasteiger partial charge in [-0.05, 0) is 39.0 Å². The number of aliphatic hydroxyl groups excluding tert-OH is 1. The molecule has 0 heterocycles. The summed E-state index contributed by atoms with van der Waals surface area (Å²) in [6.07, 6.45) is 1.43. The number of aliphatic hydroxyl groups is 1. The number of carbonyl (C=O) groups is 2. The van der Waals surface area contributed by atoms with Gasteiger partial charge in [0.25, 0.3) is 0 Å². The van der Waals surface area contributed by atoms with E-state index in [9.17, 15) is 14.7 Å². The molecule has 0 aromatic rings. The summed E-state index contributed by atoms with van der Waals surface area (Å²) in [4.78, 5) is 29.3. The van der Waals surface area contributed by atoms with Crippen molar-refractivity contribution in [1.29, 1.82) is 0 Å². The van der Waals surface area contributed by atoms with Crippen LogP contribution in [0, 0.1) is 11.3 Å². The number of Topliss-reactive ketones (excluding diaryl/α,β-unsaturated/α-hetero) is 1. The van der Waals surface area contributed by atoms with E-state index in [2.05, 4.69) is 4.99 Å². The first-order valence-electron chi connectivity index (χ1n) is 8.08. The number of nitrogens with zero attached hydrogens (tertiary/aromatic N) is 1. The van der Waals surface area contributed by atoms with Gasteiger partial charge in [0.1, 0.15) is 11.7 Å². The van der Waals surface area contributed by atoms with E-state index in [4.69, 9.17) is 4.74 Å². The fourth-order valence-electron chi connectivity index (χ4n) is 2.99. The molecular weight excluding hydrogens is 294 g/mol. The Kier molecular flexibility index (Phi) is 5.78. The molecule has 0 aliphatic heterocycles. The van der Waals surface area contributed by atoms with E-state index in [0.717, 1.165) is 0 Å². The lowest BCUT2D eigenvalue weighted by Crippen LogP contribution is -2.42. The maximum absolute atomic E-state index is 12.5. The first kappa shape index (κ1) is 19.4. The Morgan fingerprint density at radius 2 is 1.91 bits per heavy atom. The predicted octanol–water partition coefficient (Wildman–Crippen LogP) is 3.63. The van der Waals surface area contributed by atoms with Crippen LogP contribution in [0.25, 0.3) is 0 Å². The van der Waals surface area contributed by atoms with E-state index >= 15 is 0 Å². The highest BCUT2D eigenvalue weighted by Gasteiger charge is 2.47. The maximum Gasteiger partial charge on any atom is 0.316 e. The smallest absolute Gasteiger partial charge is 0.316 e. The number of hydrogen-bond donors (Lipinski definition) is 1. The fraction of sp³-hybridized carbons (Fsp3) is 0.722. The minimum atomic E-state index is -0.845. The van der Waals surface area contributed by atoms with Crippen molar-refractivity contribution in [2.45, 2.75) is 66.3 Å². The Labute approximate surface area is 138 Å². The van der Waals surface area contributed by atoms with Crippen molar-refractivity contribution in [1.82, 2.24) is 0 Å². The zero-order valence-electron chi connectivity index (χ0n) is 15.3. The van der Waals surface area contributed by atoms with E-state index in [1.165, 1.54) is 7.11 Å². The fourth-order valence-corrected chi connectivity index (χ4v) is 2.99. The standard InChI is InChI=1S/C18H29NO4/c1-8-9-12(20)13-11(19-17(2,3)4)10-18(5,6)14(15(13)21)16(22)23-7/h14,21H,8-10H2,1-7H3/t14-/m0/s1. The Hall–Kier alpha value is -1.65. The number of allylic oxidation sites excluding steroid dienone is 1. The van der Waals surface area contributed by atoms with Crippen LogP contribution in [0.5, 0.6) is 0 Å². The van der Waals surface area contributed by atoms with Gasteiger partial charge in [0.15, 0.2) is 5.78 Å². The monoisotopic (exact) mass is 323 g/mol. The van der Waals surface area contributed by atoms with Crippen molar-refractivity contribution in [2.75, 3.05) is 7.11 Å². The Bertz CT molecular complexity index is 550. The van der Waals surface area contributed by atoms with Gasteiger partial charge in [0, 0.05) is 6.42 Å². The van der Waals surface area contributed by atoms with Gasteiger partial charge in [-0.3, -0.25) is 14.6 Å². The lowest BCUT2D eigenvalue weighted by atomic mass is 9.67. The molecule has 1 aliphatic carbocycles. The molecule has 0 fully saturated rings. The number of methoxy groups -OCH3 is 1. The third kappa shape index (κ3) is 4.43. The second kappa shape index (κ2) is 6.85. The molecule has 23 heavy (non-hydrogen) atoms. The van der Waals surface area contributed by atoms with Crippen molar-refractivity contribution in [3.8, 4) is 0 Å². The number of ether oxygens (including phenoxy) is 1. The van der Waals surface area contributed by atoms with Crippen LogP contribution < -0.4 is 0 Å². The molecule has 0 amide bonds. The number of ketones is 1. The molecule has 0 saturated heterocycles. The first-order chi connectivity index (χ1) is 10.4. The summed E-state index contributed by atoms with van der Waals surface area (Å²) in [5.41, 5.74) is -0.159. The third-order valence-corrected chi connectivity index (χ3v) is 3.89. The zero-order chi connectivity index (χ0) is 18.0. The topological polar surface area (TPSA) is 76.0 Å². The van der Waals surface area contributed by atoms with E-state index in [1.807, 2.05) is 41.5 Å². The maximum atomic E-state index is 12.5. The van der Waals surface area contributed by atoms with Crippen LogP contribution in [-0.4, -0.2) is 35.2 Å². The second-order valence-corrected chi connectivity index (χ2v) is 7.78. The van der Waals surface area contributed by atoms with Crippen molar-refractivity contribution in [2.24, 2.45) is 16.3 Å². The minimum absolute atomic E-state index is 0.169. The summed E-state index contributed by atoms with van der Waals surface area (Å²) >= 11 is 0. The van der Waals surface area contributed by atoms with Gasteiger partial charge in [0.05, 0.1) is 23.9 Å². The molecule has 0 saturated carbocycles. The summed E-state index contributed by atoms with van der Waals surface area (Å²) < 4.78 is 4.84. The SMILES string of the molecule is CCCC(=O)C1=C(O)[C@@H](C(=O)OC)C(C)(C)CC1=NC(C)(C)C. The van der Waals surface area contributed by atoms with Crippen molar-refractivity contribution < 1.29 is 19.4 Å². The van der Waals surface area contributed by atoms with E-state index in [1.54, 1.807) is 0 Å². The molecule has 5 heteroatoms. The van der Waals surface area contributed by atoms with Crippen molar-refractivity contribution in [3.63, 3.8) is 0 Å². The number of carbonyl (C=O) groups excluding carboxylic acids is 2. The Morgan fingerprint density at radius 1 is 1.35 bits per heavy atom. The summed E-state index contributed by atoms with van der Waals surface area (Å²) in [5, 5.41) is 10.7. The molecule has 0 radical (unpaired) electrons. The summed E-state index contributed by atoms with van der Waals surface area (Å²) in [6, 6.07) is 0. The quantitative estimate of drug-likeness (QED) is 0.802. The lowest BCUT2D eigenvalue weighted by molar-refractivity contribution is -0.149. The molecule has 0 aromatic heterocycles. The van der Waals surface area contributed by atoms with Gasteiger partial charge in [-0.1, -0.05) is 20.8 Å². The first-order valence-corrected chi connectivity index (χ1v) is 8.08. The summed E-state index contributed by atoms with van der Waals surface area (Å²) in [7, 11) is 1.29. The molecular formula is C18H29NO4. The van der Waals surface area contributed by atoms with Gasteiger partial charge >= 0.3 is 5.97 Å². The van der Waals surface area contributed by atoms with E-state index in [0.29, 0.717) is 25.0 Å². The molecule has 0 spiro atoms. The molecule has 0 bridgehead atoms. The third-order valence-electron chi connectivity index (χ3n) is 3.89. The van der Waals surface area contributed by atoms with Crippen LogP contribution >= 0.6 is 0 Å². The van der Waals surface area contributed by atoms with Crippen LogP contribution in [0.4, 0.5) is 0 Å². The van der Waals surface area contributed by atoms with Crippen LogP contribution in [0.15, 0.2) is 16.3 Å². The van der Waals surface area contributed by atoms with Crippen LogP contribution in [0.3, 0.4) is 0 Å². The Morgan fingerprint density at radius 3 is 2.35 bits per heavy atom. The second-order valence-electron chi connectivity index (χ2n) is 7.78. The van der Waals surface area contributed by atoms with Crippen LogP contribution in [0.1, 0.15) is 60.8 Å². The molecule has 0 unspecified atom stereocenters. The van der Waals surface area contributed by atoms with Gasteiger partial charge < -0.3 is 9.84 Å². The average molecular weight is 323 g/mol. The minimum Gasteiger partial charge on any atom is -0.511 e. The highest BCUT2D eigenvalue weighted by Crippen LogP contribution is 2.43. The number of hydrogen-bond acceptors (Lipinski definition) is 5. The number of aliphatic imine (C=N–C) groups is 1. The average Bonchev–Trinajstić information content (AvgIpc) is 2.35. The van der Waals surface area contributed by atoms with Gasteiger partial charge in [-0.25, -0.2) is 0 Å².